The molecule has 0 atom stereocenters. The van der Waals surface area contributed by atoms with E-state index in [1.165, 1.54) is 6.07 Å². The second kappa shape index (κ2) is 10.1. The lowest BCUT2D eigenvalue weighted by Crippen LogP contribution is -2.38. The standard InChI is InChI=1S/C29H25NO6/c1-19-15-28(32)36-26-16-23(12-13-24(19)26)34-17-20-8-10-22(11-9-20)29(33)35-18-27(31)30-14-4-6-21-5-2-3-7-25(21)30/h2-3,5,7-13,15-16H,4,6,14,17-18H2,1H3. The monoisotopic (exact) mass is 483 g/mol. The van der Waals surface area contributed by atoms with Crippen molar-refractivity contribution < 1.29 is 23.5 Å². The molecule has 1 aromatic heterocycles. The molecule has 1 aliphatic rings. The molecule has 36 heavy (non-hydrogen) atoms. The summed E-state index contributed by atoms with van der Waals surface area (Å²) in [5.41, 5.74) is 4.13. The molecule has 0 fully saturated rings. The van der Waals surface area contributed by atoms with Crippen molar-refractivity contribution in [2.45, 2.75) is 26.4 Å². The molecular formula is C29H25NO6. The number of rotatable bonds is 6. The molecule has 1 aliphatic heterocycles. The third-order valence-corrected chi connectivity index (χ3v) is 6.26. The molecule has 0 unspecified atom stereocenters. The highest BCUT2D eigenvalue weighted by molar-refractivity contribution is 5.98. The Morgan fingerprint density at radius 2 is 1.81 bits per heavy atom. The number of carbonyl (C=O) groups excluding carboxylic acids is 2. The molecule has 7 heteroatoms. The van der Waals surface area contributed by atoms with Crippen molar-refractivity contribution >= 4 is 28.5 Å². The molecule has 0 radical (unpaired) electrons. The topological polar surface area (TPSA) is 86.0 Å². The van der Waals surface area contributed by atoms with Gasteiger partial charge in [-0.05, 0) is 66.8 Å². The highest BCUT2D eigenvalue weighted by Gasteiger charge is 2.23. The van der Waals surface area contributed by atoms with Crippen LogP contribution < -0.4 is 15.3 Å². The summed E-state index contributed by atoms with van der Waals surface area (Å²) < 4.78 is 16.4. The van der Waals surface area contributed by atoms with Gasteiger partial charge in [-0.25, -0.2) is 9.59 Å². The molecule has 0 N–H and O–H groups in total. The summed E-state index contributed by atoms with van der Waals surface area (Å²) in [6.45, 7) is 2.43. The molecule has 0 bridgehead atoms. The van der Waals surface area contributed by atoms with E-state index in [1.54, 1.807) is 35.2 Å². The fraction of sp³-hybridized carbons (Fsp3) is 0.207. The Labute approximate surface area is 207 Å². The van der Waals surface area contributed by atoms with E-state index in [0.29, 0.717) is 23.4 Å². The molecule has 2 heterocycles. The van der Waals surface area contributed by atoms with Crippen LogP contribution in [0, 0.1) is 6.92 Å². The lowest BCUT2D eigenvalue weighted by atomic mass is 10.0. The van der Waals surface area contributed by atoms with Gasteiger partial charge in [0.25, 0.3) is 5.91 Å². The number of fused-ring (bicyclic) bond motifs is 2. The highest BCUT2D eigenvalue weighted by Crippen LogP contribution is 2.27. The first-order valence-corrected chi connectivity index (χ1v) is 11.8. The minimum absolute atomic E-state index is 0.234. The maximum atomic E-state index is 12.7. The molecule has 182 valence electrons. The molecule has 4 aromatic rings. The van der Waals surface area contributed by atoms with Crippen molar-refractivity contribution in [2.75, 3.05) is 18.1 Å². The Morgan fingerprint density at radius 1 is 1.00 bits per heavy atom. The van der Waals surface area contributed by atoms with Crippen LogP contribution in [0.2, 0.25) is 0 Å². The van der Waals surface area contributed by atoms with E-state index in [9.17, 15) is 14.4 Å². The zero-order valence-electron chi connectivity index (χ0n) is 19.9. The second-order valence-electron chi connectivity index (χ2n) is 8.75. The smallest absolute Gasteiger partial charge is 0.338 e. The van der Waals surface area contributed by atoms with Gasteiger partial charge < -0.3 is 18.8 Å². The molecule has 3 aromatic carbocycles. The van der Waals surface area contributed by atoms with Gasteiger partial charge in [0.2, 0.25) is 0 Å². The quantitative estimate of drug-likeness (QED) is 0.289. The summed E-state index contributed by atoms with van der Waals surface area (Å²) in [7, 11) is 0. The van der Waals surface area contributed by atoms with Crippen molar-refractivity contribution in [1.29, 1.82) is 0 Å². The van der Waals surface area contributed by atoms with Crippen LogP contribution in [0.15, 0.2) is 82.0 Å². The van der Waals surface area contributed by atoms with E-state index in [-0.39, 0.29) is 19.1 Å². The van der Waals surface area contributed by atoms with Crippen molar-refractivity contribution in [3.8, 4) is 5.75 Å². The Morgan fingerprint density at radius 3 is 2.64 bits per heavy atom. The predicted octanol–water partition coefficient (Wildman–Crippen LogP) is 4.82. The Kier molecular flexibility index (Phi) is 6.54. The SMILES string of the molecule is Cc1cc(=O)oc2cc(OCc3ccc(C(=O)OCC(=O)N4CCCc5ccccc54)cc3)ccc12. The van der Waals surface area contributed by atoms with Crippen LogP contribution in [0.1, 0.15) is 33.5 Å². The Hall–Kier alpha value is -4.39. The van der Waals surface area contributed by atoms with Crippen LogP contribution in [-0.4, -0.2) is 25.0 Å². The zero-order valence-corrected chi connectivity index (χ0v) is 19.9. The van der Waals surface area contributed by atoms with Gasteiger partial charge in [0.15, 0.2) is 6.61 Å². The minimum atomic E-state index is -0.555. The summed E-state index contributed by atoms with van der Waals surface area (Å²) in [6, 6.07) is 21.4. The number of amides is 1. The summed E-state index contributed by atoms with van der Waals surface area (Å²) in [5, 5.41) is 0.854. The molecule has 0 saturated carbocycles. The van der Waals surface area contributed by atoms with Crippen LogP contribution in [0.3, 0.4) is 0 Å². The average molecular weight is 484 g/mol. The van der Waals surface area contributed by atoms with Gasteiger partial charge in [-0.2, -0.15) is 0 Å². The van der Waals surface area contributed by atoms with E-state index in [4.69, 9.17) is 13.9 Å². The number of benzene rings is 3. The lowest BCUT2D eigenvalue weighted by molar-refractivity contribution is -0.121. The van der Waals surface area contributed by atoms with Gasteiger partial charge in [-0.1, -0.05) is 30.3 Å². The normalized spacial score (nSPS) is 12.8. The fourth-order valence-electron chi connectivity index (χ4n) is 4.38. The van der Waals surface area contributed by atoms with Crippen LogP contribution in [-0.2, 0) is 22.6 Å². The molecule has 7 nitrogen and oxygen atoms in total. The summed E-state index contributed by atoms with van der Waals surface area (Å²) in [6.07, 6.45) is 1.82. The maximum absolute atomic E-state index is 12.7. The van der Waals surface area contributed by atoms with E-state index in [1.807, 2.05) is 43.3 Å². The highest BCUT2D eigenvalue weighted by atomic mass is 16.5. The summed E-state index contributed by atoms with van der Waals surface area (Å²) in [4.78, 5) is 38.5. The molecular weight excluding hydrogens is 458 g/mol. The number of anilines is 1. The lowest BCUT2D eigenvalue weighted by Gasteiger charge is -2.29. The van der Waals surface area contributed by atoms with E-state index >= 15 is 0 Å². The largest absolute Gasteiger partial charge is 0.489 e. The summed E-state index contributed by atoms with van der Waals surface area (Å²) in [5.74, 6) is -0.222. The average Bonchev–Trinajstić information content (AvgIpc) is 2.90. The van der Waals surface area contributed by atoms with Crippen molar-refractivity contribution in [3.63, 3.8) is 0 Å². The van der Waals surface area contributed by atoms with Gasteiger partial charge in [-0.15, -0.1) is 0 Å². The summed E-state index contributed by atoms with van der Waals surface area (Å²) >= 11 is 0. The third-order valence-electron chi connectivity index (χ3n) is 6.26. The van der Waals surface area contributed by atoms with E-state index in [0.717, 1.165) is 40.6 Å². The number of ether oxygens (including phenoxy) is 2. The van der Waals surface area contributed by atoms with E-state index in [2.05, 4.69) is 0 Å². The van der Waals surface area contributed by atoms with Gasteiger partial charge in [0.05, 0.1) is 5.56 Å². The van der Waals surface area contributed by atoms with Crippen LogP contribution in [0.25, 0.3) is 11.0 Å². The van der Waals surface area contributed by atoms with Crippen molar-refractivity contribution in [3.05, 3.63) is 105 Å². The fourth-order valence-corrected chi connectivity index (χ4v) is 4.38. The number of hydrogen-bond donors (Lipinski definition) is 0. The molecule has 5 rings (SSSR count). The number of hydrogen-bond acceptors (Lipinski definition) is 6. The molecule has 0 aliphatic carbocycles. The maximum Gasteiger partial charge on any atom is 0.338 e. The van der Waals surface area contributed by atoms with Crippen LogP contribution in [0.4, 0.5) is 5.69 Å². The number of para-hydroxylation sites is 1. The Bertz CT molecular complexity index is 1490. The van der Waals surface area contributed by atoms with Gasteiger partial charge in [-0.3, -0.25) is 4.79 Å². The van der Waals surface area contributed by atoms with Gasteiger partial charge in [0.1, 0.15) is 17.9 Å². The van der Waals surface area contributed by atoms with Gasteiger partial charge >= 0.3 is 11.6 Å². The predicted molar refractivity (Wildman–Crippen MR) is 135 cm³/mol. The first-order valence-electron chi connectivity index (χ1n) is 11.8. The van der Waals surface area contributed by atoms with Crippen molar-refractivity contribution in [1.82, 2.24) is 0 Å². The number of aryl methyl sites for hydroxylation is 2. The van der Waals surface area contributed by atoms with Crippen LogP contribution >= 0.6 is 0 Å². The minimum Gasteiger partial charge on any atom is -0.489 e. The zero-order chi connectivity index (χ0) is 25.1. The number of esters is 1. The molecule has 0 saturated heterocycles. The first kappa shape index (κ1) is 23.4. The number of carbonyl (C=O) groups is 2. The Balaban J connectivity index is 1.16. The molecule has 0 spiro atoms. The first-order chi connectivity index (χ1) is 17.5. The van der Waals surface area contributed by atoms with E-state index < -0.39 is 11.6 Å². The van der Waals surface area contributed by atoms with Gasteiger partial charge in [0, 0.05) is 29.8 Å². The van der Waals surface area contributed by atoms with Crippen LogP contribution in [0.5, 0.6) is 5.75 Å². The number of nitrogens with zero attached hydrogens (tertiary/aromatic N) is 1. The molecule has 1 amide bonds. The third kappa shape index (κ3) is 5.00. The van der Waals surface area contributed by atoms with Crippen molar-refractivity contribution in [2.24, 2.45) is 0 Å². The second-order valence-corrected chi connectivity index (χ2v) is 8.75.